The molecule has 19 heavy (non-hydrogen) atoms. The van der Waals surface area contributed by atoms with Crippen LogP contribution in [0.1, 0.15) is 16.8 Å². The Morgan fingerprint density at radius 2 is 2.21 bits per heavy atom. The second-order valence-electron chi connectivity index (χ2n) is 4.01. The Balaban J connectivity index is 1.77. The van der Waals surface area contributed by atoms with Crippen molar-refractivity contribution >= 4 is 33.4 Å². The molecule has 0 radical (unpaired) electrons. The van der Waals surface area contributed by atoms with Crippen LogP contribution >= 0.6 is 27.5 Å². The van der Waals surface area contributed by atoms with E-state index in [1.807, 2.05) is 10.9 Å². The maximum absolute atomic E-state index is 11.9. The molecule has 0 aliphatic heterocycles. The molecule has 0 bridgehead atoms. The van der Waals surface area contributed by atoms with Gasteiger partial charge in [0.25, 0.3) is 5.91 Å². The van der Waals surface area contributed by atoms with Crippen LogP contribution in [0, 0.1) is 0 Å². The Hall–Kier alpha value is -1.33. The highest BCUT2D eigenvalue weighted by Crippen LogP contribution is 2.14. The monoisotopic (exact) mass is 341 g/mol. The third-order valence-corrected chi connectivity index (χ3v) is 3.31. The first-order chi connectivity index (χ1) is 9.16. The summed E-state index contributed by atoms with van der Waals surface area (Å²) in [7, 11) is 0. The van der Waals surface area contributed by atoms with E-state index >= 15 is 0 Å². The van der Waals surface area contributed by atoms with Crippen molar-refractivity contribution in [3.8, 4) is 0 Å². The molecule has 1 aromatic heterocycles. The van der Waals surface area contributed by atoms with E-state index in [2.05, 4.69) is 26.3 Å². The summed E-state index contributed by atoms with van der Waals surface area (Å²) in [5, 5.41) is 7.45. The fraction of sp³-hybridized carbons (Fsp3) is 0.231. The van der Waals surface area contributed by atoms with Crippen molar-refractivity contribution in [3.05, 3.63) is 51.7 Å². The number of aryl methyl sites for hydroxylation is 1. The van der Waals surface area contributed by atoms with Crippen molar-refractivity contribution in [2.24, 2.45) is 0 Å². The molecule has 0 fully saturated rings. The molecule has 1 amide bonds. The largest absolute Gasteiger partial charge is 0.352 e. The van der Waals surface area contributed by atoms with Crippen molar-refractivity contribution in [2.45, 2.75) is 13.0 Å². The van der Waals surface area contributed by atoms with Gasteiger partial charge in [-0.3, -0.25) is 9.48 Å². The molecule has 1 aromatic carbocycles. The standard InChI is InChI=1S/C13H13BrClN3O/c14-10-8-17-18(9-10)7-3-6-16-13(19)11-4-1-2-5-12(11)15/h1-2,4-5,8-9H,3,6-7H2,(H,16,19). The summed E-state index contributed by atoms with van der Waals surface area (Å²) in [4.78, 5) is 11.9. The normalized spacial score (nSPS) is 10.4. The lowest BCUT2D eigenvalue weighted by molar-refractivity contribution is 0.0953. The van der Waals surface area contributed by atoms with Crippen LogP contribution in [0.3, 0.4) is 0 Å². The lowest BCUT2D eigenvalue weighted by atomic mass is 10.2. The van der Waals surface area contributed by atoms with Crippen LogP contribution in [0.2, 0.25) is 5.02 Å². The van der Waals surface area contributed by atoms with Crippen molar-refractivity contribution in [2.75, 3.05) is 6.54 Å². The van der Waals surface area contributed by atoms with Gasteiger partial charge in [0.2, 0.25) is 0 Å². The van der Waals surface area contributed by atoms with Crippen LogP contribution in [0.25, 0.3) is 0 Å². The summed E-state index contributed by atoms with van der Waals surface area (Å²) in [5.74, 6) is -0.146. The zero-order valence-corrected chi connectivity index (χ0v) is 12.5. The number of aromatic nitrogens is 2. The van der Waals surface area contributed by atoms with Crippen molar-refractivity contribution < 1.29 is 4.79 Å². The number of benzene rings is 1. The predicted octanol–water partition coefficient (Wildman–Crippen LogP) is 3.12. The highest BCUT2D eigenvalue weighted by Gasteiger charge is 2.08. The van der Waals surface area contributed by atoms with Gasteiger partial charge in [-0.15, -0.1) is 0 Å². The molecule has 4 nitrogen and oxygen atoms in total. The third kappa shape index (κ3) is 4.08. The lowest BCUT2D eigenvalue weighted by Gasteiger charge is -2.06. The Labute approximate surface area is 124 Å². The molecule has 0 atom stereocenters. The van der Waals surface area contributed by atoms with Gasteiger partial charge in [0, 0.05) is 19.3 Å². The van der Waals surface area contributed by atoms with Crippen LogP contribution in [-0.4, -0.2) is 22.2 Å². The highest BCUT2D eigenvalue weighted by atomic mass is 79.9. The zero-order valence-electron chi connectivity index (χ0n) is 10.1. The average Bonchev–Trinajstić information content (AvgIpc) is 2.81. The highest BCUT2D eigenvalue weighted by molar-refractivity contribution is 9.10. The molecule has 2 rings (SSSR count). The van der Waals surface area contributed by atoms with Crippen molar-refractivity contribution in [3.63, 3.8) is 0 Å². The molecule has 2 aromatic rings. The fourth-order valence-electron chi connectivity index (χ4n) is 1.64. The molecule has 0 aliphatic carbocycles. The number of carbonyl (C=O) groups is 1. The molecule has 0 saturated heterocycles. The number of halogens is 2. The van der Waals surface area contributed by atoms with Gasteiger partial charge in [-0.2, -0.15) is 5.10 Å². The van der Waals surface area contributed by atoms with Gasteiger partial charge in [0.05, 0.1) is 21.3 Å². The van der Waals surface area contributed by atoms with Crippen LogP contribution in [0.5, 0.6) is 0 Å². The van der Waals surface area contributed by atoms with E-state index < -0.39 is 0 Å². The van der Waals surface area contributed by atoms with E-state index in [4.69, 9.17) is 11.6 Å². The van der Waals surface area contributed by atoms with E-state index in [0.717, 1.165) is 17.4 Å². The topological polar surface area (TPSA) is 46.9 Å². The first kappa shape index (κ1) is 14.1. The maximum atomic E-state index is 11.9. The first-order valence-electron chi connectivity index (χ1n) is 5.87. The average molecular weight is 343 g/mol. The summed E-state index contributed by atoms with van der Waals surface area (Å²) in [5.41, 5.74) is 0.506. The van der Waals surface area contributed by atoms with E-state index in [0.29, 0.717) is 17.1 Å². The predicted molar refractivity (Wildman–Crippen MR) is 78.3 cm³/mol. The number of rotatable bonds is 5. The van der Waals surface area contributed by atoms with Gasteiger partial charge in [-0.25, -0.2) is 0 Å². The molecular formula is C13H13BrClN3O. The minimum absolute atomic E-state index is 0.146. The molecule has 1 heterocycles. The van der Waals surface area contributed by atoms with Gasteiger partial charge < -0.3 is 5.32 Å². The fourth-order valence-corrected chi connectivity index (χ4v) is 2.19. The number of hydrogen-bond acceptors (Lipinski definition) is 2. The second-order valence-corrected chi connectivity index (χ2v) is 5.33. The van der Waals surface area contributed by atoms with Gasteiger partial charge in [0.15, 0.2) is 0 Å². The van der Waals surface area contributed by atoms with E-state index in [9.17, 15) is 4.79 Å². The van der Waals surface area contributed by atoms with Gasteiger partial charge in [-0.1, -0.05) is 23.7 Å². The minimum Gasteiger partial charge on any atom is -0.352 e. The summed E-state index contributed by atoms with van der Waals surface area (Å²) in [6.07, 6.45) is 4.45. The Bertz CT molecular complexity index is 571. The summed E-state index contributed by atoms with van der Waals surface area (Å²) < 4.78 is 2.78. The molecule has 0 unspecified atom stereocenters. The van der Waals surface area contributed by atoms with Crippen LogP contribution in [0.15, 0.2) is 41.1 Å². The minimum atomic E-state index is -0.146. The summed E-state index contributed by atoms with van der Waals surface area (Å²) in [6, 6.07) is 7.01. The smallest absolute Gasteiger partial charge is 0.252 e. The molecule has 1 N–H and O–H groups in total. The zero-order chi connectivity index (χ0) is 13.7. The van der Waals surface area contributed by atoms with Crippen LogP contribution in [-0.2, 0) is 6.54 Å². The number of nitrogens with one attached hydrogen (secondary N) is 1. The molecular weight excluding hydrogens is 330 g/mol. The van der Waals surface area contributed by atoms with Gasteiger partial charge in [0.1, 0.15) is 0 Å². The number of carbonyl (C=O) groups excluding carboxylic acids is 1. The molecule has 100 valence electrons. The molecule has 0 spiro atoms. The Kier molecular flexibility index (Phi) is 4.99. The first-order valence-corrected chi connectivity index (χ1v) is 7.04. The van der Waals surface area contributed by atoms with E-state index in [-0.39, 0.29) is 5.91 Å². The van der Waals surface area contributed by atoms with Gasteiger partial charge in [-0.05, 0) is 34.5 Å². The van der Waals surface area contributed by atoms with Crippen molar-refractivity contribution in [1.82, 2.24) is 15.1 Å². The SMILES string of the molecule is O=C(NCCCn1cc(Br)cn1)c1ccccc1Cl. The summed E-state index contributed by atoms with van der Waals surface area (Å²) >= 11 is 9.29. The number of amides is 1. The lowest BCUT2D eigenvalue weighted by Crippen LogP contribution is -2.25. The van der Waals surface area contributed by atoms with Gasteiger partial charge >= 0.3 is 0 Å². The number of nitrogens with zero attached hydrogens (tertiary/aromatic N) is 2. The molecule has 0 saturated carbocycles. The Morgan fingerprint density at radius 1 is 1.42 bits per heavy atom. The van der Waals surface area contributed by atoms with E-state index in [1.165, 1.54) is 0 Å². The quantitative estimate of drug-likeness (QED) is 0.849. The second kappa shape index (κ2) is 6.73. The maximum Gasteiger partial charge on any atom is 0.252 e. The van der Waals surface area contributed by atoms with E-state index in [1.54, 1.807) is 30.5 Å². The van der Waals surface area contributed by atoms with Crippen molar-refractivity contribution in [1.29, 1.82) is 0 Å². The van der Waals surface area contributed by atoms with Crippen LogP contribution in [0.4, 0.5) is 0 Å². The number of hydrogen-bond donors (Lipinski definition) is 1. The van der Waals surface area contributed by atoms with Crippen LogP contribution < -0.4 is 5.32 Å². The Morgan fingerprint density at radius 3 is 2.89 bits per heavy atom. The summed E-state index contributed by atoms with van der Waals surface area (Å²) in [6.45, 7) is 1.34. The molecule has 0 aliphatic rings. The third-order valence-electron chi connectivity index (χ3n) is 2.57. The molecule has 6 heteroatoms.